The van der Waals surface area contributed by atoms with Crippen molar-refractivity contribution >= 4 is 34.2 Å². The molecule has 6 nitrogen and oxygen atoms in total. The van der Waals surface area contributed by atoms with Crippen LogP contribution in [0.3, 0.4) is 0 Å². The zero-order valence-corrected chi connectivity index (χ0v) is 18.8. The fraction of sp³-hybridized carbons (Fsp3) is 0.700. The van der Waals surface area contributed by atoms with Crippen LogP contribution in [0.25, 0.3) is 0 Å². The van der Waals surface area contributed by atoms with Crippen LogP contribution in [0.2, 0.25) is 0 Å². The van der Waals surface area contributed by atoms with Crippen LogP contribution in [0.5, 0.6) is 0 Å². The number of halogens is 1. The van der Waals surface area contributed by atoms with Gasteiger partial charge in [-0.1, -0.05) is 28.1 Å². The zero-order chi connectivity index (χ0) is 20.2. The minimum absolute atomic E-state index is 0.229. The molecule has 1 aromatic carbocycles. The molecule has 1 unspecified atom stereocenters. The van der Waals surface area contributed by atoms with Crippen LogP contribution in [0.1, 0.15) is 20.8 Å². The Hall–Kier alpha value is -0.635. The van der Waals surface area contributed by atoms with Crippen molar-refractivity contribution < 1.29 is 19.2 Å². The summed E-state index contributed by atoms with van der Waals surface area (Å²) in [6.45, 7) is 12.2. The average molecular weight is 455 g/mol. The first-order valence-corrected chi connectivity index (χ1v) is 11.2. The van der Waals surface area contributed by atoms with Crippen molar-refractivity contribution in [1.82, 2.24) is 4.90 Å². The van der Waals surface area contributed by atoms with Gasteiger partial charge in [0.25, 0.3) is 0 Å². The van der Waals surface area contributed by atoms with E-state index in [1.54, 1.807) is 0 Å². The lowest BCUT2D eigenvalue weighted by atomic mass is 9.79. The van der Waals surface area contributed by atoms with Crippen molar-refractivity contribution in [1.29, 1.82) is 0 Å². The highest BCUT2D eigenvalue weighted by Crippen LogP contribution is 2.37. The van der Waals surface area contributed by atoms with Gasteiger partial charge in [-0.2, -0.15) is 0 Å². The van der Waals surface area contributed by atoms with E-state index in [-0.39, 0.29) is 13.7 Å². The average Bonchev–Trinajstić information content (AvgIpc) is 2.92. The number of hydrogen-bond acceptors (Lipinski definition) is 6. The van der Waals surface area contributed by atoms with Gasteiger partial charge >= 0.3 is 7.12 Å². The Morgan fingerprint density at radius 2 is 1.79 bits per heavy atom. The summed E-state index contributed by atoms with van der Waals surface area (Å²) in [6, 6.07) is 8.49. The van der Waals surface area contributed by atoms with Gasteiger partial charge in [-0.25, -0.2) is 0 Å². The molecular formula is C20H32BBrN2O4. The Labute approximate surface area is 177 Å². The van der Waals surface area contributed by atoms with E-state index in [0.29, 0.717) is 13.2 Å². The molecule has 1 N–H and O–H groups in total. The molecule has 0 aliphatic carbocycles. The SMILES string of the molecule is CC1(C)OB(c2ccc(N3CCN(CCO)CC3)cc2)OC1(C)COCCBr. The van der Waals surface area contributed by atoms with Crippen molar-refractivity contribution in [3.63, 3.8) is 0 Å². The van der Waals surface area contributed by atoms with E-state index in [1.807, 2.05) is 0 Å². The summed E-state index contributed by atoms with van der Waals surface area (Å²) in [6.07, 6.45) is 0. The molecular weight excluding hydrogens is 423 g/mol. The third kappa shape index (κ3) is 4.91. The fourth-order valence-corrected chi connectivity index (χ4v) is 3.90. The standard InChI is InChI=1S/C20H32BBrN2O4/c1-19(2)20(3,16-26-15-8-22)28-21(27-19)17-4-6-18(7-5-17)24-11-9-23(10-12-24)13-14-25/h4-7,25H,8-16H2,1-3H3. The molecule has 0 amide bonds. The van der Waals surface area contributed by atoms with Crippen LogP contribution >= 0.6 is 15.9 Å². The van der Waals surface area contributed by atoms with Gasteiger partial charge in [0, 0.05) is 43.7 Å². The first-order chi connectivity index (χ1) is 13.4. The summed E-state index contributed by atoms with van der Waals surface area (Å²) >= 11 is 3.39. The monoisotopic (exact) mass is 454 g/mol. The van der Waals surface area contributed by atoms with Crippen molar-refractivity contribution in [3.05, 3.63) is 24.3 Å². The number of β-amino-alcohol motifs (C(OH)–C–C–N with tert-alkyl or cyclic N) is 1. The van der Waals surface area contributed by atoms with Crippen LogP contribution in [0.15, 0.2) is 24.3 Å². The van der Waals surface area contributed by atoms with E-state index < -0.39 is 11.2 Å². The molecule has 2 fully saturated rings. The van der Waals surface area contributed by atoms with Gasteiger partial charge in [0.1, 0.15) is 5.60 Å². The predicted octanol–water partition coefficient (Wildman–Crippen LogP) is 1.49. The van der Waals surface area contributed by atoms with Crippen molar-refractivity contribution in [2.24, 2.45) is 0 Å². The van der Waals surface area contributed by atoms with Crippen molar-refractivity contribution in [3.8, 4) is 0 Å². The van der Waals surface area contributed by atoms with Gasteiger partial charge in [0.05, 0.1) is 25.4 Å². The van der Waals surface area contributed by atoms with E-state index in [0.717, 1.165) is 43.5 Å². The lowest BCUT2D eigenvalue weighted by Gasteiger charge is -2.36. The predicted molar refractivity (Wildman–Crippen MR) is 117 cm³/mol. The van der Waals surface area contributed by atoms with Gasteiger partial charge in [0.2, 0.25) is 0 Å². The Kier molecular flexibility index (Phi) is 7.45. The smallest absolute Gasteiger partial charge is 0.399 e. The maximum absolute atomic E-state index is 9.08. The zero-order valence-electron chi connectivity index (χ0n) is 17.2. The minimum Gasteiger partial charge on any atom is -0.399 e. The van der Waals surface area contributed by atoms with Crippen molar-refractivity contribution in [2.75, 3.05) is 62.8 Å². The van der Waals surface area contributed by atoms with E-state index in [1.165, 1.54) is 5.69 Å². The number of rotatable bonds is 8. The molecule has 1 aromatic rings. The van der Waals surface area contributed by atoms with Crippen LogP contribution in [-0.4, -0.2) is 86.2 Å². The lowest BCUT2D eigenvalue weighted by molar-refractivity contribution is -0.0678. The third-order valence-electron chi connectivity index (χ3n) is 5.96. The molecule has 1 atom stereocenters. The number of anilines is 1. The number of nitrogens with zero attached hydrogens (tertiary/aromatic N) is 2. The summed E-state index contributed by atoms with van der Waals surface area (Å²) < 4.78 is 18.3. The second-order valence-electron chi connectivity index (χ2n) is 8.19. The number of alkyl halides is 1. The number of hydrogen-bond donors (Lipinski definition) is 1. The Morgan fingerprint density at radius 3 is 2.39 bits per heavy atom. The molecule has 2 heterocycles. The first kappa shape index (κ1) is 22.1. The molecule has 2 saturated heterocycles. The molecule has 0 radical (unpaired) electrons. The Bertz CT molecular complexity index is 625. The second-order valence-corrected chi connectivity index (χ2v) is 8.99. The highest BCUT2D eigenvalue weighted by molar-refractivity contribution is 9.09. The van der Waals surface area contributed by atoms with E-state index in [9.17, 15) is 0 Å². The minimum atomic E-state index is -0.498. The Morgan fingerprint density at radius 1 is 1.11 bits per heavy atom. The molecule has 156 valence electrons. The maximum atomic E-state index is 9.08. The number of benzene rings is 1. The van der Waals surface area contributed by atoms with Gasteiger partial charge < -0.3 is 24.1 Å². The lowest BCUT2D eigenvalue weighted by Crippen LogP contribution is -2.48. The first-order valence-electron chi connectivity index (χ1n) is 10.1. The van der Waals surface area contributed by atoms with Crippen LogP contribution in [0.4, 0.5) is 5.69 Å². The summed E-state index contributed by atoms with van der Waals surface area (Å²) in [5, 5.41) is 9.89. The number of piperazine rings is 1. The van der Waals surface area contributed by atoms with E-state index >= 15 is 0 Å². The molecule has 0 aromatic heterocycles. The molecule has 0 spiro atoms. The maximum Gasteiger partial charge on any atom is 0.494 e. The molecule has 8 heteroatoms. The number of aliphatic hydroxyl groups excluding tert-OH is 1. The van der Waals surface area contributed by atoms with E-state index in [4.69, 9.17) is 19.2 Å². The van der Waals surface area contributed by atoms with Gasteiger partial charge in [0.15, 0.2) is 0 Å². The highest BCUT2D eigenvalue weighted by Gasteiger charge is 2.54. The number of aliphatic hydroxyl groups is 1. The molecule has 0 bridgehead atoms. The van der Waals surface area contributed by atoms with Gasteiger partial charge in [-0.05, 0) is 38.4 Å². The van der Waals surface area contributed by atoms with Gasteiger partial charge in [-0.3, -0.25) is 4.90 Å². The molecule has 2 aliphatic rings. The van der Waals surface area contributed by atoms with Gasteiger partial charge in [-0.15, -0.1) is 0 Å². The molecule has 0 saturated carbocycles. The quantitative estimate of drug-likeness (QED) is 0.365. The fourth-order valence-electron chi connectivity index (χ4n) is 3.67. The molecule has 2 aliphatic heterocycles. The third-order valence-corrected chi connectivity index (χ3v) is 6.28. The number of ether oxygens (including phenoxy) is 1. The largest absolute Gasteiger partial charge is 0.494 e. The molecule has 3 rings (SSSR count). The van der Waals surface area contributed by atoms with Crippen LogP contribution < -0.4 is 10.4 Å². The Balaban J connectivity index is 1.61. The summed E-state index contributed by atoms with van der Waals surface area (Å²) in [5.74, 6) is 0. The highest BCUT2D eigenvalue weighted by atomic mass is 79.9. The van der Waals surface area contributed by atoms with E-state index in [2.05, 4.69) is 70.8 Å². The summed E-state index contributed by atoms with van der Waals surface area (Å²) in [5.41, 5.74) is 1.31. The van der Waals surface area contributed by atoms with Crippen LogP contribution in [-0.2, 0) is 14.0 Å². The normalized spacial score (nSPS) is 25.5. The summed E-state index contributed by atoms with van der Waals surface area (Å²) in [7, 11) is -0.386. The second kappa shape index (κ2) is 9.45. The molecule has 28 heavy (non-hydrogen) atoms. The van der Waals surface area contributed by atoms with Crippen LogP contribution in [0, 0.1) is 0 Å². The van der Waals surface area contributed by atoms with Crippen molar-refractivity contribution in [2.45, 2.75) is 32.0 Å². The summed E-state index contributed by atoms with van der Waals surface area (Å²) in [4.78, 5) is 4.68. The topological polar surface area (TPSA) is 54.4 Å².